The lowest BCUT2D eigenvalue weighted by Gasteiger charge is -2.33. The third-order valence-electron chi connectivity index (χ3n) is 8.56. The molecular weight excluding hydrogens is 643 g/mol. The largest absolute Gasteiger partial charge is 0.480 e. The Bertz CT molecular complexity index is 1670. The number of hydrogen-bond acceptors (Lipinski definition) is 7. The molecule has 2 aliphatic heterocycles. The molecule has 2 aliphatic rings. The molecule has 0 unspecified atom stereocenters. The normalized spacial score (nSPS) is 18.7. The van der Waals surface area contributed by atoms with E-state index in [1.54, 1.807) is 17.3 Å². The molecule has 45 heavy (non-hydrogen) atoms. The number of carboxylic acid groups (broad SMARTS) is 1. The molecule has 1 aromatic carbocycles. The van der Waals surface area contributed by atoms with Crippen molar-refractivity contribution in [1.29, 1.82) is 0 Å². The number of hydrogen-bond donors (Lipinski definition) is 2. The number of piperidine rings is 1. The fourth-order valence-electron chi connectivity index (χ4n) is 6.18. The van der Waals surface area contributed by atoms with Crippen LogP contribution in [-0.2, 0) is 37.4 Å². The second kappa shape index (κ2) is 14.0. The van der Waals surface area contributed by atoms with Crippen molar-refractivity contribution in [1.82, 2.24) is 29.1 Å². The maximum atomic E-state index is 13.3. The number of sulfonamides is 1. The quantitative estimate of drug-likeness (QED) is 0.311. The van der Waals surface area contributed by atoms with E-state index in [0.717, 1.165) is 47.0 Å². The molecular formula is C30H36Cl2N6O6S. The Hall–Kier alpha value is -3.26. The number of halogens is 2. The number of likely N-dealkylation sites (tertiary alicyclic amines) is 1. The van der Waals surface area contributed by atoms with Crippen molar-refractivity contribution in [2.45, 2.75) is 75.4 Å². The topological polar surface area (TPSA) is 155 Å². The van der Waals surface area contributed by atoms with Crippen LogP contribution in [0.5, 0.6) is 0 Å². The summed E-state index contributed by atoms with van der Waals surface area (Å²) in [6.45, 7) is 4.08. The average molecular weight is 680 g/mol. The van der Waals surface area contributed by atoms with Gasteiger partial charge in [0.05, 0.1) is 16.6 Å². The van der Waals surface area contributed by atoms with Gasteiger partial charge >= 0.3 is 5.97 Å². The fourth-order valence-corrected chi connectivity index (χ4v) is 8.57. The first-order valence-corrected chi connectivity index (χ1v) is 17.3. The lowest BCUT2D eigenvalue weighted by Crippen LogP contribution is -2.51. The van der Waals surface area contributed by atoms with Crippen LogP contribution in [0.2, 0.25) is 10.0 Å². The molecule has 2 amide bonds. The first kappa shape index (κ1) is 33.1. The lowest BCUT2D eigenvalue weighted by atomic mass is 9.96. The van der Waals surface area contributed by atoms with Crippen LogP contribution in [0.25, 0.3) is 11.0 Å². The van der Waals surface area contributed by atoms with Crippen molar-refractivity contribution in [3.8, 4) is 0 Å². The highest BCUT2D eigenvalue weighted by molar-refractivity contribution is 7.89. The zero-order valence-corrected chi connectivity index (χ0v) is 27.2. The Morgan fingerprint density at radius 3 is 2.47 bits per heavy atom. The second-order valence-corrected chi connectivity index (χ2v) is 14.3. The number of imidazole rings is 1. The number of aryl methyl sites for hydroxylation is 1. The molecule has 4 heterocycles. The van der Waals surface area contributed by atoms with E-state index in [1.165, 1.54) is 18.2 Å². The van der Waals surface area contributed by atoms with Gasteiger partial charge in [0.25, 0.3) is 0 Å². The Morgan fingerprint density at radius 1 is 1.09 bits per heavy atom. The molecule has 242 valence electrons. The van der Waals surface area contributed by atoms with Crippen LogP contribution in [0.15, 0.2) is 41.6 Å². The van der Waals surface area contributed by atoms with E-state index >= 15 is 0 Å². The van der Waals surface area contributed by atoms with Gasteiger partial charge in [-0.3, -0.25) is 14.6 Å². The number of nitrogens with zero attached hydrogens (tertiary/aromatic N) is 5. The van der Waals surface area contributed by atoms with E-state index in [0.29, 0.717) is 25.4 Å². The van der Waals surface area contributed by atoms with Gasteiger partial charge < -0.3 is 19.9 Å². The van der Waals surface area contributed by atoms with E-state index in [4.69, 9.17) is 28.2 Å². The summed E-state index contributed by atoms with van der Waals surface area (Å²) in [6.07, 6.45) is 6.42. The second-order valence-electron chi connectivity index (χ2n) is 11.5. The summed E-state index contributed by atoms with van der Waals surface area (Å²) >= 11 is 12.0. The van der Waals surface area contributed by atoms with Crippen molar-refractivity contribution in [2.24, 2.45) is 5.92 Å². The highest BCUT2D eigenvalue weighted by Crippen LogP contribution is 2.30. The summed E-state index contributed by atoms with van der Waals surface area (Å²) in [5.41, 5.74) is 1.92. The predicted molar refractivity (Wildman–Crippen MR) is 168 cm³/mol. The van der Waals surface area contributed by atoms with E-state index < -0.39 is 34.0 Å². The van der Waals surface area contributed by atoms with Crippen LogP contribution in [0, 0.1) is 5.92 Å². The number of rotatable bonds is 11. The molecule has 12 nitrogen and oxygen atoms in total. The number of pyridine rings is 1. The van der Waals surface area contributed by atoms with Crippen molar-refractivity contribution in [3.05, 3.63) is 52.5 Å². The van der Waals surface area contributed by atoms with E-state index in [-0.39, 0.29) is 46.7 Å². The number of aliphatic carboxylic acids is 1. The van der Waals surface area contributed by atoms with Crippen LogP contribution in [0.3, 0.4) is 0 Å². The lowest BCUT2D eigenvalue weighted by molar-refractivity contribution is -0.143. The van der Waals surface area contributed by atoms with Gasteiger partial charge in [0.2, 0.25) is 21.8 Å². The van der Waals surface area contributed by atoms with Crippen LogP contribution < -0.4 is 5.32 Å². The van der Waals surface area contributed by atoms with E-state index in [9.17, 15) is 27.9 Å². The maximum absolute atomic E-state index is 13.3. The van der Waals surface area contributed by atoms with E-state index in [1.807, 2.05) is 6.07 Å². The average Bonchev–Trinajstić information content (AvgIpc) is 3.65. The first-order chi connectivity index (χ1) is 21.5. The Kier molecular flexibility index (Phi) is 10.3. The molecule has 2 saturated heterocycles. The van der Waals surface area contributed by atoms with Gasteiger partial charge in [-0.05, 0) is 62.3 Å². The summed E-state index contributed by atoms with van der Waals surface area (Å²) in [4.78, 5) is 48.7. The van der Waals surface area contributed by atoms with Crippen LogP contribution >= 0.6 is 23.2 Å². The van der Waals surface area contributed by atoms with Crippen molar-refractivity contribution < 1.29 is 27.9 Å². The molecule has 0 spiro atoms. The number of carbonyl (C=O) groups is 3. The standard InChI is InChI=1S/C30H36Cl2N6O6S/c1-2-27-34-24-17-33-10-7-25(24)37(27)18-19-8-12-36(13-9-19)28(39)6-5-23(30(41)42)35-29(40)26-4-3-11-38(26)45(43,44)22-15-20(31)14-21(32)16-22/h7,10,14-17,19,23,26H,2-6,8-9,11-13,18H2,1H3,(H,35,40)(H,41,42)/t23-,26+/m0/s1. The number of carboxylic acids is 1. The summed E-state index contributed by atoms with van der Waals surface area (Å²) in [6, 6.07) is 3.44. The number of fused-ring (bicyclic) bond motifs is 1. The molecule has 0 aliphatic carbocycles. The monoisotopic (exact) mass is 678 g/mol. The van der Waals surface area contributed by atoms with Gasteiger partial charge in [-0.25, -0.2) is 18.2 Å². The number of aromatic nitrogens is 3. The first-order valence-electron chi connectivity index (χ1n) is 15.1. The molecule has 2 N–H and O–H groups in total. The molecule has 3 aromatic rings. The molecule has 0 bridgehead atoms. The Balaban J connectivity index is 1.15. The SMILES string of the molecule is CCc1nc2cnccc2n1CC1CCN(C(=O)CC[C@H](NC(=O)[C@H]2CCCN2S(=O)(=O)c2cc(Cl)cc(Cl)c2)C(=O)O)CC1. The van der Waals surface area contributed by atoms with Crippen molar-refractivity contribution in [3.63, 3.8) is 0 Å². The zero-order valence-electron chi connectivity index (χ0n) is 24.9. The third kappa shape index (κ3) is 7.43. The van der Waals surface area contributed by atoms with Crippen LogP contribution in [-0.4, -0.2) is 86.8 Å². The van der Waals surface area contributed by atoms with Crippen molar-refractivity contribution >= 4 is 62.0 Å². The molecule has 2 atom stereocenters. The summed E-state index contributed by atoms with van der Waals surface area (Å²) in [5, 5.41) is 12.6. The molecule has 5 rings (SSSR count). The van der Waals surface area contributed by atoms with Gasteiger partial charge in [-0.1, -0.05) is 30.1 Å². The highest BCUT2D eigenvalue weighted by Gasteiger charge is 2.41. The van der Waals surface area contributed by atoms with Gasteiger partial charge in [0.15, 0.2) is 0 Å². The van der Waals surface area contributed by atoms with Gasteiger partial charge in [-0.2, -0.15) is 4.31 Å². The smallest absolute Gasteiger partial charge is 0.326 e. The summed E-state index contributed by atoms with van der Waals surface area (Å²) < 4.78 is 29.9. The minimum atomic E-state index is -4.12. The number of amides is 2. The minimum absolute atomic E-state index is 0.0608. The minimum Gasteiger partial charge on any atom is -0.480 e. The fraction of sp³-hybridized carbons (Fsp3) is 0.500. The Morgan fingerprint density at radius 2 is 1.80 bits per heavy atom. The third-order valence-corrected chi connectivity index (χ3v) is 10.9. The molecule has 0 saturated carbocycles. The maximum Gasteiger partial charge on any atom is 0.326 e. The highest BCUT2D eigenvalue weighted by atomic mass is 35.5. The predicted octanol–water partition coefficient (Wildman–Crippen LogP) is 3.74. The van der Waals surface area contributed by atoms with E-state index in [2.05, 4.69) is 21.8 Å². The molecule has 15 heteroatoms. The van der Waals surface area contributed by atoms with Gasteiger partial charge in [0.1, 0.15) is 23.4 Å². The molecule has 0 radical (unpaired) electrons. The summed E-state index contributed by atoms with van der Waals surface area (Å²) in [5.74, 6) is -0.822. The van der Waals surface area contributed by atoms with Crippen LogP contribution in [0.1, 0.15) is 51.3 Å². The molecule has 2 fully saturated rings. The zero-order chi connectivity index (χ0) is 32.3. The van der Waals surface area contributed by atoms with Gasteiger partial charge in [-0.15, -0.1) is 0 Å². The number of benzene rings is 1. The Labute approximate surface area is 271 Å². The van der Waals surface area contributed by atoms with Gasteiger partial charge in [0, 0.05) is 55.3 Å². The number of carbonyl (C=O) groups excluding carboxylic acids is 2. The van der Waals surface area contributed by atoms with Crippen molar-refractivity contribution in [2.75, 3.05) is 19.6 Å². The number of nitrogens with one attached hydrogen (secondary N) is 1. The van der Waals surface area contributed by atoms with Crippen LogP contribution in [0.4, 0.5) is 0 Å². The summed E-state index contributed by atoms with van der Waals surface area (Å²) in [7, 11) is -4.12. The molecule has 2 aromatic heterocycles.